The average Bonchev–Trinajstić information content (AvgIpc) is 3.12. The first kappa shape index (κ1) is 21.4. The number of hydrogen-bond acceptors (Lipinski definition) is 6. The summed E-state index contributed by atoms with van der Waals surface area (Å²) in [5.41, 5.74) is -0.865. The number of allylic oxidation sites excluding steroid dienone is 1. The lowest BCUT2D eigenvalue weighted by atomic mass is 9.90. The van der Waals surface area contributed by atoms with Crippen LogP contribution in [0, 0.1) is 0 Å². The molecule has 4 atom stereocenters. The standard InChI is InChI=1S/C20H34O6/c1-7-23-17(21)14(2)9-8-11-19(5,22)15-10-12-20(6,26-15)16-13-24-18(3,4)25-16/h9,15-16,22H,7-8,10-13H2,1-6H3/b14-9+/t15-,16+,19+,20-/m1/s1. The molecule has 26 heavy (non-hydrogen) atoms. The number of ether oxygens (including phenoxy) is 4. The first-order valence-electron chi connectivity index (χ1n) is 9.55. The summed E-state index contributed by atoms with van der Waals surface area (Å²) in [7, 11) is 0. The highest BCUT2D eigenvalue weighted by molar-refractivity contribution is 5.87. The molecule has 0 saturated carbocycles. The lowest BCUT2D eigenvalue weighted by molar-refractivity contribution is -0.192. The van der Waals surface area contributed by atoms with Gasteiger partial charge < -0.3 is 24.1 Å². The van der Waals surface area contributed by atoms with Gasteiger partial charge in [0.15, 0.2) is 5.79 Å². The maximum Gasteiger partial charge on any atom is 0.333 e. The average molecular weight is 370 g/mol. The summed E-state index contributed by atoms with van der Waals surface area (Å²) < 4.78 is 22.9. The number of carbonyl (C=O) groups excluding carboxylic acids is 1. The summed E-state index contributed by atoms with van der Waals surface area (Å²) in [5.74, 6) is -0.898. The highest BCUT2D eigenvalue weighted by atomic mass is 16.8. The van der Waals surface area contributed by atoms with Crippen LogP contribution >= 0.6 is 0 Å². The predicted octanol–water partition coefficient (Wildman–Crippen LogP) is 3.12. The number of hydrogen-bond donors (Lipinski definition) is 1. The van der Waals surface area contributed by atoms with Crippen molar-refractivity contribution >= 4 is 5.97 Å². The van der Waals surface area contributed by atoms with E-state index < -0.39 is 17.0 Å². The first-order valence-corrected chi connectivity index (χ1v) is 9.55. The molecule has 2 saturated heterocycles. The Bertz CT molecular complexity index is 538. The molecule has 6 heteroatoms. The van der Waals surface area contributed by atoms with Gasteiger partial charge in [0, 0.05) is 5.57 Å². The third-order valence-corrected chi connectivity index (χ3v) is 5.40. The van der Waals surface area contributed by atoms with E-state index in [1.54, 1.807) is 20.8 Å². The molecule has 0 unspecified atom stereocenters. The third kappa shape index (κ3) is 5.06. The van der Waals surface area contributed by atoms with Crippen LogP contribution in [0.4, 0.5) is 0 Å². The van der Waals surface area contributed by atoms with Gasteiger partial charge in [0.1, 0.15) is 6.10 Å². The molecule has 2 heterocycles. The van der Waals surface area contributed by atoms with E-state index in [1.165, 1.54) is 0 Å². The van der Waals surface area contributed by atoms with Crippen molar-refractivity contribution in [2.45, 2.75) is 96.4 Å². The Balaban J connectivity index is 1.90. The molecule has 1 N–H and O–H groups in total. The molecular weight excluding hydrogens is 336 g/mol. The molecule has 0 radical (unpaired) electrons. The Hall–Kier alpha value is -0.950. The van der Waals surface area contributed by atoms with Crippen molar-refractivity contribution in [2.75, 3.05) is 13.2 Å². The Morgan fingerprint density at radius 3 is 2.62 bits per heavy atom. The molecule has 2 rings (SSSR count). The van der Waals surface area contributed by atoms with Crippen LogP contribution in [0.2, 0.25) is 0 Å². The molecule has 0 bridgehead atoms. The SMILES string of the molecule is CCOC(=O)/C(C)=C/CC[C@](C)(O)[C@H]1CC[C@](C)([C@@H]2COC(C)(C)O2)O1. The minimum absolute atomic E-state index is 0.135. The van der Waals surface area contributed by atoms with E-state index in [4.69, 9.17) is 18.9 Å². The van der Waals surface area contributed by atoms with Gasteiger partial charge in [-0.1, -0.05) is 6.08 Å². The number of esters is 1. The topological polar surface area (TPSA) is 74.2 Å². The normalized spacial score (nSPS) is 33.9. The van der Waals surface area contributed by atoms with Crippen LogP contribution in [0.25, 0.3) is 0 Å². The van der Waals surface area contributed by atoms with Gasteiger partial charge in [-0.25, -0.2) is 4.79 Å². The van der Waals surface area contributed by atoms with Crippen molar-refractivity contribution in [1.29, 1.82) is 0 Å². The molecule has 0 amide bonds. The van der Waals surface area contributed by atoms with Gasteiger partial charge in [-0.3, -0.25) is 0 Å². The fraction of sp³-hybridized carbons (Fsp3) is 0.850. The highest BCUT2D eigenvalue weighted by Crippen LogP contribution is 2.42. The zero-order valence-electron chi connectivity index (χ0n) is 17.0. The highest BCUT2D eigenvalue weighted by Gasteiger charge is 2.52. The molecular formula is C20H34O6. The largest absolute Gasteiger partial charge is 0.463 e. The van der Waals surface area contributed by atoms with Crippen molar-refractivity contribution in [1.82, 2.24) is 0 Å². The smallest absolute Gasteiger partial charge is 0.333 e. The second-order valence-electron chi connectivity index (χ2n) is 8.28. The lowest BCUT2D eigenvalue weighted by Gasteiger charge is -2.35. The van der Waals surface area contributed by atoms with Crippen molar-refractivity contribution < 1.29 is 28.8 Å². The van der Waals surface area contributed by atoms with Gasteiger partial charge in [0.25, 0.3) is 0 Å². The van der Waals surface area contributed by atoms with E-state index in [0.29, 0.717) is 31.6 Å². The van der Waals surface area contributed by atoms with Crippen LogP contribution in [-0.2, 0) is 23.7 Å². The summed E-state index contributed by atoms with van der Waals surface area (Å²) >= 11 is 0. The van der Waals surface area contributed by atoms with Gasteiger partial charge >= 0.3 is 5.97 Å². The monoisotopic (exact) mass is 370 g/mol. The molecule has 150 valence electrons. The number of carbonyl (C=O) groups is 1. The van der Waals surface area contributed by atoms with Crippen LogP contribution in [0.15, 0.2) is 11.6 Å². The predicted molar refractivity (Wildman–Crippen MR) is 97.7 cm³/mol. The summed E-state index contributed by atoms with van der Waals surface area (Å²) in [6, 6.07) is 0. The van der Waals surface area contributed by atoms with Gasteiger partial charge in [-0.05, 0) is 67.2 Å². The maximum absolute atomic E-state index is 11.6. The molecule has 0 aromatic heterocycles. The fourth-order valence-corrected chi connectivity index (χ4v) is 3.59. The van der Waals surface area contributed by atoms with Crippen molar-refractivity contribution in [3.63, 3.8) is 0 Å². The summed E-state index contributed by atoms with van der Waals surface area (Å²) in [5, 5.41) is 10.9. The summed E-state index contributed by atoms with van der Waals surface area (Å²) in [6.07, 6.45) is 4.10. The zero-order chi connectivity index (χ0) is 19.6. The van der Waals surface area contributed by atoms with Crippen LogP contribution in [-0.4, -0.2) is 53.5 Å². The summed E-state index contributed by atoms with van der Waals surface area (Å²) in [4.78, 5) is 11.6. The Labute approximate surface area is 156 Å². The summed E-state index contributed by atoms with van der Waals surface area (Å²) in [6.45, 7) is 12.0. The van der Waals surface area contributed by atoms with E-state index in [-0.39, 0.29) is 18.2 Å². The molecule has 6 nitrogen and oxygen atoms in total. The molecule has 0 aromatic carbocycles. The van der Waals surface area contributed by atoms with E-state index in [9.17, 15) is 9.90 Å². The Morgan fingerprint density at radius 1 is 1.35 bits per heavy atom. The van der Waals surface area contributed by atoms with E-state index in [0.717, 1.165) is 12.8 Å². The van der Waals surface area contributed by atoms with Gasteiger partial charge in [-0.2, -0.15) is 0 Å². The van der Waals surface area contributed by atoms with Gasteiger partial charge in [-0.15, -0.1) is 0 Å². The van der Waals surface area contributed by atoms with E-state index >= 15 is 0 Å². The second kappa shape index (κ2) is 7.97. The minimum atomic E-state index is -0.974. The van der Waals surface area contributed by atoms with Crippen LogP contribution in [0.3, 0.4) is 0 Å². The number of rotatable bonds is 7. The number of aliphatic hydroxyl groups is 1. The minimum Gasteiger partial charge on any atom is -0.463 e. The van der Waals surface area contributed by atoms with Gasteiger partial charge in [0.05, 0.1) is 30.5 Å². The van der Waals surface area contributed by atoms with Crippen LogP contribution in [0.1, 0.15) is 67.2 Å². The Morgan fingerprint density at radius 2 is 2.04 bits per heavy atom. The van der Waals surface area contributed by atoms with Crippen molar-refractivity contribution in [3.05, 3.63) is 11.6 Å². The lowest BCUT2D eigenvalue weighted by Crippen LogP contribution is -2.46. The van der Waals surface area contributed by atoms with E-state index in [2.05, 4.69) is 0 Å². The zero-order valence-corrected chi connectivity index (χ0v) is 17.0. The fourth-order valence-electron chi connectivity index (χ4n) is 3.59. The molecule has 0 spiro atoms. The first-order chi connectivity index (χ1) is 12.0. The molecule has 2 aliphatic heterocycles. The molecule has 2 fully saturated rings. The molecule has 0 aliphatic carbocycles. The van der Waals surface area contributed by atoms with E-state index in [1.807, 2.05) is 26.8 Å². The van der Waals surface area contributed by atoms with Crippen molar-refractivity contribution in [2.24, 2.45) is 0 Å². The molecule has 2 aliphatic rings. The quantitative estimate of drug-likeness (QED) is 0.548. The maximum atomic E-state index is 11.6. The Kier molecular flexibility index (Phi) is 6.54. The van der Waals surface area contributed by atoms with Crippen LogP contribution in [0.5, 0.6) is 0 Å². The second-order valence-corrected chi connectivity index (χ2v) is 8.28. The van der Waals surface area contributed by atoms with Crippen LogP contribution < -0.4 is 0 Å². The molecule has 0 aromatic rings. The van der Waals surface area contributed by atoms with Gasteiger partial charge in [0.2, 0.25) is 0 Å². The third-order valence-electron chi connectivity index (χ3n) is 5.40. The van der Waals surface area contributed by atoms with Crippen molar-refractivity contribution in [3.8, 4) is 0 Å².